The largest absolute Gasteiger partial charge is 0.330 e. The van der Waals surface area contributed by atoms with Crippen molar-refractivity contribution in [3.05, 3.63) is 11.1 Å². The number of hydrogen-bond acceptors (Lipinski definition) is 1. The Balaban J connectivity index is 2.32. The Bertz CT molecular complexity index is 237. The zero-order chi connectivity index (χ0) is 8.93. The molecule has 1 heteroatoms. The molecule has 0 aromatic rings. The lowest BCUT2D eigenvalue weighted by Crippen LogP contribution is -2.45. The molecule has 3 aliphatic rings. The molecule has 3 rings (SSSR count). The first-order valence-corrected chi connectivity index (χ1v) is 4.97. The second-order valence-corrected chi connectivity index (χ2v) is 4.95. The first kappa shape index (κ1) is 8.31. The minimum Gasteiger partial charge on any atom is -0.330 e. The van der Waals surface area contributed by atoms with Gasteiger partial charge in [0.15, 0.2) is 0 Å². The normalized spacial score (nSPS) is 38.0. The molecule has 0 aliphatic heterocycles. The Morgan fingerprint density at radius 1 is 1.50 bits per heavy atom. The fraction of sp³-hybridized carbons (Fsp3) is 0.818. The summed E-state index contributed by atoms with van der Waals surface area (Å²) < 4.78 is 0. The van der Waals surface area contributed by atoms with Gasteiger partial charge in [-0.15, -0.1) is 0 Å². The van der Waals surface area contributed by atoms with Gasteiger partial charge in [0.25, 0.3) is 0 Å². The van der Waals surface area contributed by atoms with Crippen LogP contribution in [0, 0.1) is 17.3 Å². The number of fused-ring (bicyclic) bond motifs is 2. The predicted molar refractivity (Wildman–Crippen MR) is 51.7 cm³/mol. The Morgan fingerprint density at radius 3 is 2.58 bits per heavy atom. The summed E-state index contributed by atoms with van der Waals surface area (Å²) in [5.74, 6) is 1.62. The van der Waals surface area contributed by atoms with Crippen LogP contribution in [0.15, 0.2) is 11.1 Å². The summed E-state index contributed by atoms with van der Waals surface area (Å²) in [5, 5.41) is 0. The van der Waals surface area contributed by atoms with E-state index in [9.17, 15) is 0 Å². The number of nitrogens with two attached hydrogens (primary N) is 1. The summed E-state index contributed by atoms with van der Waals surface area (Å²) in [6.07, 6.45) is 2.69. The molecule has 12 heavy (non-hydrogen) atoms. The van der Waals surface area contributed by atoms with E-state index < -0.39 is 0 Å². The van der Waals surface area contributed by atoms with E-state index in [0.29, 0.717) is 11.3 Å². The lowest BCUT2D eigenvalue weighted by Gasteiger charge is -2.55. The first-order chi connectivity index (χ1) is 5.57. The molecule has 2 atom stereocenters. The van der Waals surface area contributed by atoms with Crippen LogP contribution >= 0.6 is 0 Å². The van der Waals surface area contributed by atoms with Crippen molar-refractivity contribution in [3.8, 4) is 0 Å². The van der Waals surface area contributed by atoms with Crippen LogP contribution in [0.2, 0.25) is 0 Å². The Labute approximate surface area is 75.0 Å². The quantitative estimate of drug-likeness (QED) is 0.593. The average Bonchev–Trinajstić information content (AvgIpc) is 2.03. The monoisotopic (exact) mass is 165 g/mol. The summed E-state index contributed by atoms with van der Waals surface area (Å²) in [4.78, 5) is 0. The van der Waals surface area contributed by atoms with Crippen LogP contribution in [-0.4, -0.2) is 6.54 Å². The van der Waals surface area contributed by atoms with E-state index in [0.717, 1.165) is 12.5 Å². The minimum absolute atomic E-state index is 0.510. The molecule has 2 unspecified atom stereocenters. The van der Waals surface area contributed by atoms with Crippen molar-refractivity contribution in [3.63, 3.8) is 0 Å². The van der Waals surface area contributed by atoms with Crippen molar-refractivity contribution < 1.29 is 0 Å². The number of rotatable bonds is 1. The van der Waals surface area contributed by atoms with Crippen LogP contribution in [-0.2, 0) is 0 Å². The van der Waals surface area contributed by atoms with E-state index in [1.807, 2.05) is 0 Å². The van der Waals surface area contributed by atoms with Crippen molar-refractivity contribution in [2.45, 2.75) is 33.6 Å². The van der Waals surface area contributed by atoms with Gasteiger partial charge in [0.2, 0.25) is 0 Å². The molecule has 1 fully saturated rings. The molecular formula is C11H19N. The fourth-order valence-electron chi connectivity index (χ4n) is 2.97. The van der Waals surface area contributed by atoms with Gasteiger partial charge in [0, 0.05) is 0 Å². The summed E-state index contributed by atoms with van der Waals surface area (Å²) in [6, 6.07) is 0. The zero-order valence-electron chi connectivity index (χ0n) is 8.35. The van der Waals surface area contributed by atoms with Crippen molar-refractivity contribution in [2.24, 2.45) is 23.0 Å². The van der Waals surface area contributed by atoms with Crippen LogP contribution in [0.25, 0.3) is 0 Å². The predicted octanol–water partition coefficient (Wildman–Crippen LogP) is 2.33. The second-order valence-electron chi connectivity index (χ2n) is 4.95. The molecule has 0 aromatic heterocycles. The molecular weight excluding hydrogens is 146 g/mol. The highest BCUT2D eigenvalue weighted by Crippen LogP contribution is 2.59. The lowest BCUT2D eigenvalue weighted by atomic mass is 9.50. The first-order valence-electron chi connectivity index (χ1n) is 4.97. The molecule has 0 heterocycles. The van der Waals surface area contributed by atoms with Crippen molar-refractivity contribution in [2.75, 3.05) is 6.54 Å². The highest BCUT2D eigenvalue weighted by atomic mass is 14.6. The highest BCUT2D eigenvalue weighted by Gasteiger charge is 2.48. The van der Waals surface area contributed by atoms with Crippen LogP contribution < -0.4 is 5.73 Å². The topological polar surface area (TPSA) is 26.0 Å². The molecule has 0 saturated heterocycles. The van der Waals surface area contributed by atoms with Gasteiger partial charge in [-0.1, -0.05) is 25.0 Å². The maximum Gasteiger partial charge on any atom is -0.00114 e. The maximum absolute atomic E-state index is 5.73. The molecule has 0 spiro atoms. The lowest BCUT2D eigenvalue weighted by molar-refractivity contribution is 0.110. The molecule has 68 valence electrons. The van der Waals surface area contributed by atoms with E-state index in [2.05, 4.69) is 20.8 Å². The van der Waals surface area contributed by atoms with E-state index in [1.54, 1.807) is 11.1 Å². The number of allylic oxidation sites excluding steroid dienone is 1. The summed E-state index contributed by atoms with van der Waals surface area (Å²) in [5.41, 5.74) is 9.55. The molecule has 0 radical (unpaired) electrons. The average molecular weight is 165 g/mol. The van der Waals surface area contributed by atoms with Gasteiger partial charge in [-0.25, -0.2) is 0 Å². The Morgan fingerprint density at radius 2 is 2.17 bits per heavy atom. The van der Waals surface area contributed by atoms with E-state index in [1.165, 1.54) is 12.8 Å². The summed E-state index contributed by atoms with van der Waals surface area (Å²) >= 11 is 0. The molecule has 1 nitrogen and oxygen atoms in total. The molecule has 0 aromatic carbocycles. The van der Waals surface area contributed by atoms with Crippen LogP contribution in [0.4, 0.5) is 0 Å². The zero-order valence-corrected chi connectivity index (χ0v) is 8.35. The van der Waals surface area contributed by atoms with Crippen LogP contribution in [0.5, 0.6) is 0 Å². The summed E-state index contributed by atoms with van der Waals surface area (Å²) in [6.45, 7) is 7.89. The highest BCUT2D eigenvalue weighted by molar-refractivity contribution is 5.34. The van der Waals surface area contributed by atoms with Crippen molar-refractivity contribution in [1.82, 2.24) is 0 Å². The van der Waals surface area contributed by atoms with Gasteiger partial charge < -0.3 is 5.73 Å². The number of hydrogen-bond donors (Lipinski definition) is 1. The molecule has 2 N–H and O–H groups in total. The molecule has 0 amide bonds. The van der Waals surface area contributed by atoms with E-state index >= 15 is 0 Å². The Hall–Kier alpha value is -0.300. The smallest absolute Gasteiger partial charge is 0.00114 e. The van der Waals surface area contributed by atoms with Gasteiger partial charge in [-0.2, -0.15) is 0 Å². The fourth-order valence-corrected chi connectivity index (χ4v) is 2.97. The summed E-state index contributed by atoms with van der Waals surface area (Å²) in [7, 11) is 0. The van der Waals surface area contributed by atoms with E-state index in [4.69, 9.17) is 5.73 Å². The maximum atomic E-state index is 5.73. The van der Waals surface area contributed by atoms with Crippen molar-refractivity contribution >= 4 is 0 Å². The third-order valence-corrected chi connectivity index (χ3v) is 4.19. The van der Waals surface area contributed by atoms with Gasteiger partial charge in [0.05, 0.1) is 0 Å². The van der Waals surface area contributed by atoms with Gasteiger partial charge in [-0.3, -0.25) is 0 Å². The second kappa shape index (κ2) is 2.35. The SMILES string of the molecule is CC1=C2CC(CC1CN)C2(C)C. The third kappa shape index (κ3) is 0.832. The molecule has 1 saturated carbocycles. The third-order valence-electron chi connectivity index (χ3n) is 4.19. The van der Waals surface area contributed by atoms with E-state index in [-0.39, 0.29) is 0 Å². The van der Waals surface area contributed by atoms with Crippen LogP contribution in [0.1, 0.15) is 33.6 Å². The minimum atomic E-state index is 0.510. The van der Waals surface area contributed by atoms with Gasteiger partial charge in [0.1, 0.15) is 0 Å². The van der Waals surface area contributed by atoms with Crippen LogP contribution in [0.3, 0.4) is 0 Å². The Kier molecular flexibility index (Phi) is 1.63. The standard InChI is InChI=1S/C11H19N/c1-7-8(6-12)4-9-5-10(7)11(9,2)3/h8-9H,4-6,12H2,1-3H3. The molecule has 2 bridgehead atoms. The van der Waals surface area contributed by atoms with Gasteiger partial charge >= 0.3 is 0 Å². The van der Waals surface area contributed by atoms with Crippen molar-refractivity contribution in [1.29, 1.82) is 0 Å². The van der Waals surface area contributed by atoms with Gasteiger partial charge in [-0.05, 0) is 43.6 Å². The molecule has 3 aliphatic carbocycles.